The van der Waals surface area contributed by atoms with E-state index in [4.69, 9.17) is 0 Å². The Kier molecular flexibility index (Phi) is 69.5. The normalized spacial score (nSPS) is 13.1. The zero-order chi connectivity index (χ0) is 73.9. The lowest BCUT2D eigenvalue weighted by Crippen LogP contribution is -2.23. The van der Waals surface area contributed by atoms with Gasteiger partial charge in [0.2, 0.25) is 0 Å². The summed E-state index contributed by atoms with van der Waals surface area (Å²) >= 11 is 0. The second-order valence-electron chi connectivity index (χ2n) is 20.7. The molecule has 0 saturated carbocycles. The van der Waals surface area contributed by atoms with Gasteiger partial charge in [-0.3, -0.25) is 34.7 Å². The molecule has 2 unspecified atom stereocenters. The van der Waals surface area contributed by atoms with Crippen LogP contribution in [0.4, 0.5) is 0 Å². The monoisotopic (exact) mass is 1340 g/mol. The number of carbonyl (C=O) groups is 1. The SMILES string of the molecule is C.CC(=O)C1=CCCC=C1.CN.CN.CN.CN.CN=C(C)c1ccccc1.CN=C(C)c1ccccc1.CN=C(C)c1ccccc1.CN=C(C)c1ccccc1.CN=C(C)c1ccccc1.CN=C(C)c1ccccc1.CNC(C)C1=CC=CCC1.CNC(C)C1=CC=CCC1. The lowest BCUT2D eigenvalue weighted by atomic mass is 9.99. The first-order valence-corrected chi connectivity index (χ1v) is 33.2. The number of hydrogen-bond acceptors (Lipinski definition) is 13. The molecule has 3 aliphatic rings. The lowest BCUT2D eigenvalue weighted by molar-refractivity contribution is -0.113. The maximum Gasteiger partial charge on any atom is 0.159 e. The van der Waals surface area contributed by atoms with Crippen LogP contribution in [0.2, 0.25) is 0 Å². The van der Waals surface area contributed by atoms with Crippen LogP contribution in [0.15, 0.2) is 283 Å². The second-order valence-corrected chi connectivity index (χ2v) is 20.7. The molecule has 0 aliphatic heterocycles. The van der Waals surface area contributed by atoms with E-state index in [-0.39, 0.29) is 13.2 Å². The molecule has 98 heavy (non-hydrogen) atoms. The molecule has 9 rings (SSSR count). The van der Waals surface area contributed by atoms with Crippen molar-refractivity contribution >= 4 is 40.1 Å². The van der Waals surface area contributed by atoms with Crippen molar-refractivity contribution in [3.05, 3.63) is 287 Å². The topological polar surface area (TPSA) is 219 Å². The van der Waals surface area contributed by atoms with E-state index in [1.165, 1.54) is 98.4 Å². The van der Waals surface area contributed by atoms with Gasteiger partial charge in [-0.25, -0.2) is 0 Å². The number of nitrogens with one attached hydrogen (secondary N) is 2. The number of aliphatic imine (C=N–C) groups is 6. The molecule has 0 amide bonds. The smallest absolute Gasteiger partial charge is 0.159 e. The molecule has 536 valence electrons. The van der Waals surface area contributed by atoms with E-state index >= 15 is 0 Å². The lowest BCUT2D eigenvalue weighted by Gasteiger charge is -2.15. The van der Waals surface area contributed by atoms with E-state index < -0.39 is 0 Å². The summed E-state index contributed by atoms with van der Waals surface area (Å²) in [7, 11) is 20.9. The first-order chi connectivity index (χ1) is 47.0. The van der Waals surface area contributed by atoms with Crippen LogP contribution in [-0.4, -0.2) is 137 Å². The van der Waals surface area contributed by atoms with E-state index in [1.54, 1.807) is 6.92 Å². The Balaban J connectivity index is -0.000000326. The van der Waals surface area contributed by atoms with Gasteiger partial charge in [0.15, 0.2) is 5.78 Å². The van der Waals surface area contributed by atoms with Gasteiger partial charge in [0.05, 0.1) is 0 Å². The second kappa shape index (κ2) is 69.6. The molecule has 0 radical (unpaired) electrons. The number of carbonyl (C=O) groups excluding carboxylic acids is 1. The number of Topliss-reactive ketones (excluding diaryl/α,β-unsaturated/α-hetero) is 1. The van der Waals surface area contributed by atoms with Crippen molar-refractivity contribution in [3.63, 3.8) is 0 Å². The first-order valence-electron chi connectivity index (χ1n) is 33.2. The number of likely N-dealkylation sites (N-methyl/N-ethyl adjacent to an activating group) is 2. The Hall–Kier alpha value is -8.79. The van der Waals surface area contributed by atoms with Crippen LogP contribution >= 0.6 is 0 Å². The summed E-state index contributed by atoms with van der Waals surface area (Å²) in [5.41, 5.74) is 35.6. The van der Waals surface area contributed by atoms with Gasteiger partial charge in [-0.2, -0.15) is 0 Å². The van der Waals surface area contributed by atoms with Crippen LogP contribution in [0.1, 0.15) is 142 Å². The minimum absolute atomic E-state index is 0. The zero-order valence-electron chi connectivity index (χ0n) is 63.3. The van der Waals surface area contributed by atoms with Gasteiger partial charge in [-0.05, 0) is 177 Å². The highest BCUT2D eigenvalue weighted by Gasteiger charge is 2.07. The Labute approximate surface area is 597 Å². The third-order valence-corrected chi connectivity index (χ3v) is 14.6. The molecule has 6 aromatic carbocycles. The van der Waals surface area contributed by atoms with Crippen LogP contribution < -0.4 is 33.6 Å². The summed E-state index contributed by atoms with van der Waals surface area (Å²) in [4.78, 5) is 35.1. The predicted octanol–water partition coefficient (Wildman–Crippen LogP) is 17.3. The molecular formula is C85H130N12O. The summed E-state index contributed by atoms with van der Waals surface area (Å²) in [5.74, 6) is 0.172. The van der Waals surface area contributed by atoms with Gasteiger partial charge < -0.3 is 33.6 Å². The van der Waals surface area contributed by atoms with Gasteiger partial charge in [0, 0.05) is 94.2 Å². The number of nitrogens with two attached hydrogens (primary N) is 4. The molecule has 3 aliphatic carbocycles. The van der Waals surface area contributed by atoms with Crippen molar-refractivity contribution in [3.8, 4) is 0 Å². The third-order valence-electron chi connectivity index (χ3n) is 14.6. The van der Waals surface area contributed by atoms with Crippen molar-refractivity contribution in [2.75, 3.05) is 84.6 Å². The van der Waals surface area contributed by atoms with Gasteiger partial charge in [0.25, 0.3) is 0 Å². The van der Waals surface area contributed by atoms with Gasteiger partial charge >= 0.3 is 0 Å². The maximum atomic E-state index is 10.7. The van der Waals surface area contributed by atoms with E-state index in [0.29, 0.717) is 12.1 Å². The average molecular weight is 1340 g/mol. The summed E-state index contributed by atoms with van der Waals surface area (Å²) < 4.78 is 0. The quantitative estimate of drug-likeness (QED) is 0.0689. The molecule has 13 nitrogen and oxygen atoms in total. The standard InChI is InChI=1S/2C9H15N.6C9H11N.C8H10O.4CH5N.CH4/c8*1-8(10-2)9-6-4-3-5-7-9;1-7(9)8-5-3-2-4-6-8;4*1-2;/h2*3-4,6,8,10H,5,7H2,1-2H3;6*3-7H,1-2H3;3,5-6H,2,4H2,1H3;4*2H2,1H3;1H4. The Bertz CT molecular complexity index is 2780. The molecule has 0 bridgehead atoms. The fourth-order valence-corrected chi connectivity index (χ4v) is 8.06. The molecule has 0 aromatic heterocycles. The fourth-order valence-electron chi connectivity index (χ4n) is 8.06. The van der Waals surface area contributed by atoms with Crippen molar-refractivity contribution in [2.24, 2.45) is 52.9 Å². The first kappa shape index (κ1) is 97.9. The molecule has 2 atom stereocenters. The summed E-state index contributed by atoms with van der Waals surface area (Å²) in [6.45, 7) is 18.1. The molecule has 0 saturated heterocycles. The number of hydrogen-bond donors (Lipinski definition) is 6. The van der Waals surface area contributed by atoms with E-state index in [0.717, 1.165) is 52.7 Å². The Morgan fingerprint density at radius 2 is 0.561 bits per heavy atom. The minimum atomic E-state index is 0. The Morgan fingerprint density at radius 1 is 0.347 bits per heavy atom. The van der Waals surface area contributed by atoms with Crippen LogP contribution in [0.3, 0.4) is 0 Å². The van der Waals surface area contributed by atoms with Crippen LogP contribution in [0.5, 0.6) is 0 Å². The fraction of sp³-hybridized carbons (Fsp3) is 0.353. The molecule has 6 aromatic rings. The highest BCUT2D eigenvalue weighted by atomic mass is 16.1. The summed E-state index contributed by atoms with van der Waals surface area (Å²) in [6, 6.07) is 62.0. The Morgan fingerprint density at radius 3 is 0.694 bits per heavy atom. The number of ketones is 1. The minimum Gasteiger partial charge on any atom is -0.333 e. The highest BCUT2D eigenvalue weighted by molar-refractivity contribution is 6.01. The van der Waals surface area contributed by atoms with Gasteiger partial charge in [-0.1, -0.05) is 255 Å². The summed E-state index contributed by atoms with van der Waals surface area (Å²) in [6.07, 6.45) is 26.0. The maximum absolute atomic E-state index is 10.7. The number of nitrogens with zero attached hydrogens (tertiary/aromatic N) is 6. The largest absolute Gasteiger partial charge is 0.333 e. The number of benzene rings is 6. The average Bonchev–Trinajstić information content (AvgIpc) is 3.19. The zero-order valence-corrected chi connectivity index (χ0v) is 63.3. The van der Waals surface area contributed by atoms with Crippen LogP contribution in [0, 0.1) is 0 Å². The molecule has 10 N–H and O–H groups in total. The number of rotatable bonds is 11. The highest BCUT2D eigenvalue weighted by Crippen LogP contribution is 2.16. The van der Waals surface area contributed by atoms with E-state index in [2.05, 4.69) is 187 Å². The summed E-state index contributed by atoms with van der Waals surface area (Å²) in [5, 5.41) is 6.46. The van der Waals surface area contributed by atoms with Gasteiger partial charge in [0.1, 0.15) is 0 Å². The van der Waals surface area contributed by atoms with Crippen LogP contribution in [0.25, 0.3) is 0 Å². The molecule has 13 heteroatoms. The van der Waals surface area contributed by atoms with Gasteiger partial charge in [-0.15, -0.1) is 0 Å². The number of allylic oxidation sites excluding steroid dienone is 10. The van der Waals surface area contributed by atoms with E-state index in [9.17, 15) is 4.79 Å². The molecular weight excluding hydrogens is 1210 g/mol. The van der Waals surface area contributed by atoms with E-state index in [1.807, 2.05) is 225 Å². The van der Waals surface area contributed by atoms with Crippen LogP contribution in [-0.2, 0) is 4.79 Å². The van der Waals surface area contributed by atoms with Crippen molar-refractivity contribution < 1.29 is 4.79 Å². The van der Waals surface area contributed by atoms with Crippen molar-refractivity contribution in [1.82, 2.24) is 10.6 Å². The van der Waals surface area contributed by atoms with Crippen molar-refractivity contribution in [1.29, 1.82) is 0 Å². The molecule has 0 fully saturated rings. The predicted molar refractivity (Wildman–Crippen MR) is 442 cm³/mol. The van der Waals surface area contributed by atoms with Crippen molar-refractivity contribution in [2.45, 2.75) is 120 Å². The third kappa shape index (κ3) is 48.8. The molecule has 0 spiro atoms. The molecule has 0 heterocycles.